The summed E-state index contributed by atoms with van der Waals surface area (Å²) in [5, 5.41) is 4.61. The Morgan fingerprint density at radius 3 is 2.79 bits per heavy atom. The molecule has 1 aliphatic heterocycles. The molecular weight excluding hydrogens is 294 g/mol. The van der Waals surface area contributed by atoms with Gasteiger partial charge < -0.3 is 14.8 Å². The van der Waals surface area contributed by atoms with Gasteiger partial charge in [-0.1, -0.05) is 25.3 Å². The lowest BCUT2D eigenvalue weighted by atomic mass is 10.1. The number of aryl methyl sites for hydroxylation is 1. The van der Waals surface area contributed by atoms with E-state index in [4.69, 9.17) is 0 Å². The molecular formula is C21H21N3. The first-order valence-corrected chi connectivity index (χ1v) is 8.11. The van der Waals surface area contributed by atoms with Crippen LogP contribution in [0.15, 0.2) is 67.5 Å². The van der Waals surface area contributed by atoms with E-state index in [0.717, 1.165) is 23.6 Å². The van der Waals surface area contributed by atoms with Gasteiger partial charge >= 0.3 is 0 Å². The fourth-order valence-corrected chi connectivity index (χ4v) is 3.46. The number of hydrogen-bond donors (Lipinski definition) is 1. The van der Waals surface area contributed by atoms with Crippen molar-refractivity contribution in [3.8, 4) is 0 Å². The van der Waals surface area contributed by atoms with E-state index < -0.39 is 0 Å². The average Bonchev–Trinajstić information content (AvgIpc) is 3.09. The molecule has 0 saturated heterocycles. The number of benzene rings is 2. The van der Waals surface area contributed by atoms with Crippen molar-refractivity contribution in [3.05, 3.63) is 78.6 Å². The molecule has 0 amide bonds. The van der Waals surface area contributed by atoms with Gasteiger partial charge in [-0.15, -0.1) is 0 Å². The molecule has 0 spiro atoms. The maximum Gasteiger partial charge on any atom is 0.0509 e. The minimum absolute atomic E-state index is 0.822. The number of fused-ring (bicyclic) bond motifs is 2. The van der Waals surface area contributed by atoms with Gasteiger partial charge in [0.05, 0.1) is 6.54 Å². The Bertz CT molecular complexity index is 978. The fraction of sp³-hybridized carbons (Fsp3) is 0.143. The molecule has 2 aromatic carbocycles. The summed E-state index contributed by atoms with van der Waals surface area (Å²) in [6, 6.07) is 15.0. The van der Waals surface area contributed by atoms with Gasteiger partial charge in [0.15, 0.2) is 0 Å². The molecule has 24 heavy (non-hydrogen) atoms. The molecule has 3 nitrogen and oxygen atoms in total. The molecule has 2 heterocycles. The summed E-state index contributed by atoms with van der Waals surface area (Å²) in [6.45, 7) is 11.1. The average molecular weight is 315 g/mol. The van der Waals surface area contributed by atoms with Crippen molar-refractivity contribution in [3.63, 3.8) is 0 Å². The molecule has 120 valence electrons. The molecule has 0 atom stereocenters. The third kappa shape index (κ3) is 2.21. The zero-order chi connectivity index (χ0) is 16.8. The Morgan fingerprint density at radius 2 is 2.00 bits per heavy atom. The lowest BCUT2D eigenvalue weighted by Gasteiger charge is -2.20. The van der Waals surface area contributed by atoms with E-state index in [-0.39, 0.29) is 0 Å². The van der Waals surface area contributed by atoms with Gasteiger partial charge in [0.1, 0.15) is 0 Å². The maximum absolute atomic E-state index is 4.33. The zero-order valence-electron chi connectivity index (χ0n) is 14.1. The van der Waals surface area contributed by atoms with E-state index in [1.807, 2.05) is 6.92 Å². The van der Waals surface area contributed by atoms with Crippen molar-refractivity contribution in [1.29, 1.82) is 0 Å². The van der Waals surface area contributed by atoms with E-state index >= 15 is 0 Å². The van der Waals surface area contributed by atoms with Crippen LogP contribution in [0.1, 0.15) is 18.1 Å². The smallest absolute Gasteiger partial charge is 0.0509 e. The summed E-state index contributed by atoms with van der Waals surface area (Å²) < 4.78 is 2.14. The van der Waals surface area contributed by atoms with Gasteiger partial charge in [0.25, 0.3) is 0 Å². The first-order chi connectivity index (χ1) is 11.5. The molecule has 4 rings (SSSR count). The molecule has 0 fully saturated rings. The third-order valence-corrected chi connectivity index (χ3v) is 4.66. The lowest BCUT2D eigenvalue weighted by Crippen LogP contribution is -2.13. The molecule has 0 bridgehead atoms. The van der Waals surface area contributed by atoms with Crippen LogP contribution in [0.2, 0.25) is 0 Å². The van der Waals surface area contributed by atoms with Gasteiger partial charge in [0.2, 0.25) is 0 Å². The molecule has 3 aromatic rings. The second-order valence-corrected chi connectivity index (χ2v) is 6.44. The van der Waals surface area contributed by atoms with Crippen molar-refractivity contribution in [2.45, 2.75) is 13.5 Å². The van der Waals surface area contributed by atoms with E-state index in [9.17, 15) is 0 Å². The Labute approximate surface area is 142 Å². The van der Waals surface area contributed by atoms with Crippen LogP contribution < -0.4 is 10.2 Å². The highest BCUT2D eigenvalue weighted by Gasteiger charge is 2.26. The van der Waals surface area contributed by atoms with Crippen LogP contribution in [-0.4, -0.2) is 4.57 Å². The first kappa shape index (κ1) is 14.6. The van der Waals surface area contributed by atoms with Crippen LogP contribution in [0.25, 0.3) is 16.6 Å². The zero-order valence-corrected chi connectivity index (χ0v) is 14.1. The summed E-state index contributed by atoms with van der Waals surface area (Å²) >= 11 is 0. The highest BCUT2D eigenvalue weighted by atomic mass is 15.2. The minimum atomic E-state index is 0.822. The molecule has 0 aliphatic carbocycles. The second-order valence-electron chi connectivity index (χ2n) is 6.44. The van der Waals surface area contributed by atoms with E-state index in [1.165, 1.54) is 27.7 Å². The first-order valence-electron chi connectivity index (χ1n) is 8.11. The molecule has 1 N–H and O–H groups in total. The Morgan fingerprint density at radius 1 is 1.17 bits per heavy atom. The van der Waals surface area contributed by atoms with Gasteiger partial charge in [-0.3, -0.25) is 0 Å². The van der Waals surface area contributed by atoms with Crippen molar-refractivity contribution in [2.75, 3.05) is 10.2 Å². The fourth-order valence-electron chi connectivity index (χ4n) is 3.46. The Kier molecular flexibility index (Phi) is 3.24. The normalized spacial score (nSPS) is 13.4. The second kappa shape index (κ2) is 5.31. The number of anilines is 2. The quantitative estimate of drug-likeness (QED) is 0.724. The number of hydrogen-bond acceptors (Lipinski definition) is 2. The Hall–Kier alpha value is -2.94. The summed E-state index contributed by atoms with van der Waals surface area (Å²) in [7, 11) is 2.07. The van der Waals surface area contributed by atoms with E-state index in [1.54, 1.807) is 0 Å². The largest absolute Gasteiger partial charge is 0.359 e. The molecule has 1 aliphatic rings. The lowest BCUT2D eigenvalue weighted by molar-refractivity contribution is 0.968. The third-order valence-electron chi connectivity index (χ3n) is 4.66. The van der Waals surface area contributed by atoms with Crippen molar-refractivity contribution in [2.24, 2.45) is 7.05 Å². The van der Waals surface area contributed by atoms with Gasteiger partial charge in [0, 0.05) is 58.0 Å². The molecule has 1 aromatic heterocycles. The number of allylic oxidation sites excluding steroid dienone is 1. The molecule has 0 saturated carbocycles. The van der Waals surface area contributed by atoms with E-state index in [0.29, 0.717) is 0 Å². The SMILES string of the molecule is C=C(C)Nc1cccc2c1CN(c1ccc3c(ccn3C)c1)C2=C. The van der Waals surface area contributed by atoms with Crippen LogP contribution >= 0.6 is 0 Å². The van der Waals surface area contributed by atoms with Crippen molar-refractivity contribution < 1.29 is 0 Å². The summed E-state index contributed by atoms with van der Waals surface area (Å²) in [4.78, 5) is 2.28. The van der Waals surface area contributed by atoms with Crippen molar-refractivity contribution in [1.82, 2.24) is 4.57 Å². The Balaban J connectivity index is 1.75. The van der Waals surface area contributed by atoms with Gasteiger partial charge in [-0.2, -0.15) is 0 Å². The number of nitrogens with one attached hydrogen (secondary N) is 1. The summed E-state index contributed by atoms with van der Waals surface area (Å²) in [6.07, 6.45) is 2.09. The predicted molar refractivity (Wildman–Crippen MR) is 103 cm³/mol. The highest BCUT2D eigenvalue weighted by molar-refractivity contribution is 5.91. The van der Waals surface area contributed by atoms with Gasteiger partial charge in [-0.05, 0) is 37.3 Å². The van der Waals surface area contributed by atoms with Crippen LogP contribution in [0.5, 0.6) is 0 Å². The highest BCUT2D eigenvalue weighted by Crippen LogP contribution is 2.40. The monoisotopic (exact) mass is 315 g/mol. The summed E-state index contributed by atoms with van der Waals surface area (Å²) in [5.41, 5.74) is 8.00. The number of rotatable bonds is 3. The van der Waals surface area contributed by atoms with Crippen LogP contribution in [-0.2, 0) is 13.6 Å². The maximum atomic E-state index is 4.33. The number of aromatic nitrogens is 1. The van der Waals surface area contributed by atoms with Crippen LogP contribution in [0.4, 0.5) is 11.4 Å². The standard InChI is InChI=1S/C21H21N3/c1-14(2)22-20-7-5-6-18-15(3)24(13-19(18)20)17-8-9-21-16(12-17)10-11-23(21)4/h5-12,22H,1,3,13H2,2,4H3. The molecule has 0 radical (unpaired) electrons. The number of nitrogens with zero attached hydrogens (tertiary/aromatic N) is 2. The van der Waals surface area contributed by atoms with Crippen LogP contribution in [0, 0.1) is 0 Å². The van der Waals surface area contributed by atoms with E-state index in [2.05, 4.69) is 83.7 Å². The topological polar surface area (TPSA) is 20.2 Å². The molecule has 0 unspecified atom stereocenters. The minimum Gasteiger partial charge on any atom is -0.359 e. The predicted octanol–water partition coefficient (Wildman–Crippen LogP) is 5.11. The van der Waals surface area contributed by atoms with Gasteiger partial charge in [-0.25, -0.2) is 0 Å². The molecule has 3 heteroatoms. The summed E-state index contributed by atoms with van der Waals surface area (Å²) in [5.74, 6) is 0. The van der Waals surface area contributed by atoms with Crippen molar-refractivity contribution >= 4 is 28.0 Å². The van der Waals surface area contributed by atoms with Crippen LogP contribution in [0.3, 0.4) is 0 Å².